The van der Waals surface area contributed by atoms with Crippen molar-refractivity contribution in [3.63, 3.8) is 0 Å². The van der Waals surface area contributed by atoms with Crippen LogP contribution >= 0.6 is 0 Å². The maximum absolute atomic E-state index is 13.4. The van der Waals surface area contributed by atoms with Crippen LogP contribution in [0.4, 0.5) is 0 Å². The Morgan fingerprint density at radius 1 is 0.300 bits per heavy atom. The predicted octanol–water partition coefficient (Wildman–Crippen LogP) is -5.27. The quantitative estimate of drug-likeness (QED) is 0.0312. The molecular weight excluding hydrogens is 1210 g/mol. The first kappa shape index (κ1) is 69.3. The van der Waals surface area contributed by atoms with Crippen LogP contribution in [0.3, 0.4) is 0 Å². The van der Waals surface area contributed by atoms with Gasteiger partial charge < -0.3 is 56.8 Å². The SMILES string of the molecule is CCC(=O)OCC(Cn1c(=O)n(CC2CO2)c(=O)n(CC(COC(=O)CC)OC(=O)CC)c1=O)OC(=O)CC.CCC(=O)OCC(Cn1c(=O)n(CC2CO2)c(=O)n(CC2CO2)c1=O)OC(=O)CC.O=c1n(CC2CO2)c(=O)n(CC2CO2)c(=O)n1CC1CO1. The first-order valence-electron chi connectivity index (χ1n) is 29.6. The molecule has 6 aliphatic rings. The lowest BCUT2D eigenvalue weighted by Crippen LogP contribution is -2.57. The first-order valence-corrected chi connectivity index (χ1v) is 29.6. The molecule has 90 heavy (non-hydrogen) atoms. The molecule has 6 saturated heterocycles. The zero-order chi connectivity index (χ0) is 65.5. The van der Waals surface area contributed by atoms with Crippen molar-refractivity contribution in [2.75, 3.05) is 59.5 Å². The van der Waals surface area contributed by atoms with Crippen LogP contribution in [-0.4, -0.2) is 191 Å². The van der Waals surface area contributed by atoms with E-state index in [4.69, 9.17) is 56.8 Å². The number of hydrogen-bond donors (Lipinski definition) is 0. The molecule has 0 aromatic carbocycles. The third-order valence-corrected chi connectivity index (χ3v) is 14.0. The smallest absolute Gasteiger partial charge is 0.336 e. The van der Waals surface area contributed by atoms with Crippen molar-refractivity contribution in [2.24, 2.45) is 0 Å². The van der Waals surface area contributed by atoms with Crippen molar-refractivity contribution in [3.8, 4) is 0 Å². The molecule has 0 N–H and O–H groups in total. The van der Waals surface area contributed by atoms with E-state index >= 15 is 0 Å². The van der Waals surface area contributed by atoms with Gasteiger partial charge in [-0.25, -0.2) is 84.3 Å². The summed E-state index contributed by atoms with van der Waals surface area (Å²) >= 11 is 0. The summed E-state index contributed by atoms with van der Waals surface area (Å²) in [5, 5.41) is 0. The van der Waals surface area contributed by atoms with Crippen LogP contribution in [-0.2, 0) is 145 Å². The third kappa shape index (κ3) is 20.2. The molecule has 6 aliphatic heterocycles. The molecule has 0 amide bonds. The average molecular weight is 1280 g/mol. The van der Waals surface area contributed by atoms with Gasteiger partial charge in [-0.05, 0) is 0 Å². The largest absolute Gasteiger partial charge is 0.462 e. The van der Waals surface area contributed by atoms with Crippen LogP contribution in [0.1, 0.15) is 80.1 Å². The lowest BCUT2D eigenvalue weighted by atomic mass is 10.3. The molecule has 0 spiro atoms. The average Bonchev–Trinajstić information content (AvgIpc) is 1.26. The molecule has 0 saturated carbocycles. The normalized spacial score (nSPS) is 20.5. The van der Waals surface area contributed by atoms with Crippen molar-refractivity contribution >= 4 is 35.8 Å². The van der Waals surface area contributed by atoms with Crippen LogP contribution in [0.15, 0.2) is 43.2 Å². The Balaban J connectivity index is 0.000000200. The van der Waals surface area contributed by atoms with Gasteiger partial charge in [0.05, 0.1) is 135 Å². The molecule has 0 bridgehead atoms. The maximum atomic E-state index is 13.4. The fraction of sp³-hybridized carbons (Fsp3) is 0.722. The third-order valence-electron chi connectivity index (χ3n) is 14.0. The fourth-order valence-corrected chi connectivity index (χ4v) is 8.37. The second-order valence-corrected chi connectivity index (χ2v) is 21.3. The Kier molecular flexibility index (Phi) is 24.6. The van der Waals surface area contributed by atoms with Crippen molar-refractivity contribution in [2.45, 2.75) is 194 Å². The Morgan fingerprint density at radius 3 is 0.611 bits per heavy atom. The monoisotopic (exact) mass is 1280 g/mol. The number of carbonyl (C=O) groups is 6. The van der Waals surface area contributed by atoms with Gasteiger partial charge in [-0.3, -0.25) is 28.8 Å². The van der Waals surface area contributed by atoms with Gasteiger partial charge in [-0.1, -0.05) is 41.5 Å². The highest BCUT2D eigenvalue weighted by molar-refractivity contribution is 5.71. The number of carbonyl (C=O) groups excluding carboxylic acids is 6. The maximum Gasteiger partial charge on any atom is 0.336 e. The number of nitrogens with zero attached hydrogens (tertiary/aromatic N) is 9. The molecule has 0 radical (unpaired) electrons. The van der Waals surface area contributed by atoms with E-state index in [1.54, 1.807) is 27.7 Å². The van der Waals surface area contributed by atoms with E-state index in [0.717, 1.165) is 32.0 Å². The molecular formula is C54H75N9O27. The van der Waals surface area contributed by atoms with E-state index < -0.39 is 138 Å². The highest BCUT2D eigenvalue weighted by atomic mass is 16.6. The molecule has 36 nitrogen and oxygen atoms in total. The Bertz CT molecular complexity index is 3390. The Labute approximate surface area is 509 Å². The number of aromatic nitrogens is 9. The van der Waals surface area contributed by atoms with Crippen LogP contribution < -0.4 is 51.2 Å². The van der Waals surface area contributed by atoms with Crippen LogP contribution in [0.5, 0.6) is 0 Å². The molecule has 9 heterocycles. The summed E-state index contributed by atoms with van der Waals surface area (Å²) in [6, 6.07) is 0. The molecule has 0 aliphatic carbocycles. The van der Waals surface area contributed by atoms with Gasteiger partial charge in [0.2, 0.25) is 0 Å². The van der Waals surface area contributed by atoms with Gasteiger partial charge in [0.1, 0.15) is 19.8 Å². The lowest BCUT2D eigenvalue weighted by Gasteiger charge is -2.22. The fourth-order valence-electron chi connectivity index (χ4n) is 8.37. The van der Waals surface area contributed by atoms with Crippen LogP contribution in [0.2, 0.25) is 0 Å². The minimum absolute atomic E-state index is 0.00764. The van der Waals surface area contributed by atoms with E-state index in [1.807, 2.05) is 0 Å². The van der Waals surface area contributed by atoms with Gasteiger partial charge in [-0.2, -0.15) is 0 Å². The first-order chi connectivity index (χ1) is 43.0. The van der Waals surface area contributed by atoms with Gasteiger partial charge >= 0.3 is 87.0 Å². The van der Waals surface area contributed by atoms with Crippen molar-refractivity contribution in [1.29, 1.82) is 0 Å². The summed E-state index contributed by atoms with van der Waals surface area (Å²) in [6.45, 7) is 9.89. The van der Waals surface area contributed by atoms with Crippen LogP contribution in [0.25, 0.3) is 0 Å². The number of hydrogen-bond acceptors (Lipinski definition) is 27. The Morgan fingerprint density at radius 2 is 0.456 bits per heavy atom. The van der Waals surface area contributed by atoms with Gasteiger partial charge in [0.25, 0.3) is 0 Å². The predicted molar refractivity (Wildman–Crippen MR) is 300 cm³/mol. The van der Waals surface area contributed by atoms with Crippen LogP contribution in [0, 0.1) is 0 Å². The van der Waals surface area contributed by atoms with Crippen molar-refractivity contribution in [1.82, 2.24) is 41.1 Å². The van der Waals surface area contributed by atoms with Gasteiger partial charge in [0.15, 0.2) is 18.3 Å². The standard InChI is InChI=1S/C24H35N3O12.C18H25N3O9.C12H15N3O6/c1-5-18(28)36-13-16(38-20(30)7-3)10-26-22(32)25(9-15-12-35-15)23(33)27(24(26)34)11-17(39-21(31)8-4)14-37-19(29)6-2;1-3-14(22)29-10-13(30-15(23)4-2)7-21-17(25)19(5-11-8-27-11)16(24)20(18(21)26)6-12-9-28-12;16-10-13(1-7-4-19-7)11(17)15(3-9-6-21-9)12(18)14(10)2-8-5-20-8/h15-17H,5-14H2,1-4H3;11-13H,3-10H2,1-2H3;7-9H,1-6H2. The lowest BCUT2D eigenvalue weighted by molar-refractivity contribution is -0.160. The molecule has 9 unspecified atom stereocenters. The molecule has 9 rings (SSSR count). The highest BCUT2D eigenvalue weighted by Gasteiger charge is 2.35. The topological polar surface area (TPSA) is 431 Å². The molecule has 3 aromatic rings. The summed E-state index contributed by atoms with van der Waals surface area (Å²) in [5.41, 5.74) is -7.27. The number of esters is 6. The van der Waals surface area contributed by atoms with E-state index in [1.165, 1.54) is 13.8 Å². The van der Waals surface area contributed by atoms with Gasteiger partial charge in [-0.15, -0.1) is 0 Å². The van der Waals surface area contributed by atoms with E-state index in [2.05, 4.69) is 0 Å². The van der Waals surface area contributed by atoms with Crippen molar-refractivity contribution in [3.05, 3.63) is 94.4 Å². The number of epoxide rings is 6. The van der Waals surface area contributed by atoms with Gasteiger partial charge in [0, 0.05) is 38.5 Å². The number of rotatable bonds is 33. The second kappa shape index (κ2) is 32.0. The minimum Gasteiger partial charge on any atom is -0.462 e. The highest BCUT2D eigenvalue weighted by Crippen LogP contribution is 2.14. The summed E-state index contributed by atoms with van der Waals surface area (Å²) in [5.74, 6) is -3.59. The summed E-state index contributed by atoms with van der Waals surface area (Å²) in [7, 11) is 0. The molecule has 498 valence electrons. The second-order valence-electron chi connectivity index (χ2n) is 21.3. The molecule has 3 aromatic heterocycles. The molecule has 6 fully saturated rings. The summed E-state index contributed by atoms with van der Waals surface area (Å²) in [4.78, 5) is 186. The zero-order valence-electron chi connectivity index (χ0n) is 50.7. The zero-order valence-corrected chi connectivity index (χ0v) is 50.7. The Hall–Kier alpha value is -8.19. The van der Waals surface area contributed by atoms with E-state index in [0.29, 0.717) is 48.8 Å². The molecule has 9 atom stereocenters. The summed E-state index contributed by atoms with van der Waals surface area (Å²) in [6.07, 6.45) is -4.57. The number of ether oxygens (including phenoxy) is 12. The van der Waals surface area contributed by atoms with E-state index in [9.17, 15) is 71.9 Å². The summed E-state index contributed by atoms with van der Waals surface area (Å²) < 4.78 is 69.5. The minimum atomic E-state index is -1.21. The molecule has 36 heteroatoms. The van der Waals surface area contributed by atoms with E-state index in [-0.39, 0.29) is 121 Å². The van der Waals surface area contributed by atoms with Crippen molar-refractivity contribution < 1.29 is 85.6 Å².